The maximum atomic E-state index is 14.8. The lowest BCUT2D eigenvalue weighted by Crippen LogP contribution is -2.08. The Morgan fingerprint density at radius 3 is 1.40 bits per heavy atom. The molecule has 60 heavy (non-hydrogen) atoms. The molecule has 0 amide bonds. The number of para-hydroxylation sites is 2. The minimum atomic E-state index is -4.64. The molecule has 0 aliphatic carbocycles. The normalized spacial score (nSPS) is 11.9. The fourth-order valence-corrected chi connectivity index (χ4v) is 9.27. The van der Waals surface area contributed by atoms with Gasteiger partial charge in [0.05, 0.1) is 45.6 Å². The van der Waals surface area contributed by atoms with E-state index in [1.165, 1.54) is 23.3 Å². The lowest BCUT2D eigenvalue weighted by atomic mass is 9.96. The van der Waals surface area contributed by atoms with Crippen LogP contribution in [0.25, 0.3) is 93.2 Å². The number of benzene rings is 8. The summed E-state index contributed by atoms with van der Waals surface area (Å²) < 4.78 is 48.8. The zero-order valence-electron chi connectivity index (χ0n) is 33.5. The van der Waals surface area contributed by atoms with Crippen LogP contribution in [0.2, 0.25) is 0 Å². The van der Waals surface area contributed by atoms with Crippen molar-refractivity contribution in [1.29, 1.82) is 0 Å². The fraction of sp³-hybridized carbons (Fsp3) is 0.0926. The molecule has 0 radical (unpaired) electrons. The van der Waals surface area contributed by atoms with Crippen LogP contribution in [0.5, 0.6) is 0 Å². The molecular formula is C54H38F3N3. The van der Waals surface area contributed by atoms with E-state index in [9.17, 15) is 13.2 Å². The van der Waals surface area contributed by atoms with Gasteiger partial charge in [-0.15, -0.1) is 0 Å². The van der Waals surface area contributed by atoms with Crippen molar-refractivity contribution >= 4 is 49.3 Å². The Bertz CT molecular complexity index is 3430. The Kier molecular flexibility index (Phi) is 8.55. The van der Waals surface area contributed by atoms with Crippen LogP contribution in [0.15, 0.2) is 158 Å². The van der Waals surface area contributed by atoms with Crippen LogP contribution in [0.3, 0.4) is 0 Å². The largest absolute Gasteiger partial charge is 0.416 e. The van der Waals surface area contributed by atoms with E-state index >= 15 is 0 Å². The molecule has 0 bridgehead atoms. The summed E-state index contributed by atoms with van der Waals surface area (Å²) in [5.41, 5.74) is 13.4. The molecule has 2 heterocycles. The molecule has 0 N–H and O–H groups in total. The second-order valence-electron chi connectivity index (χ2n) is 15.8. The van der Waals surface area contributed by atoms with Gasteiger partial charge in [0.25, 0.3) is 0 Å². The van der Waals surface area contributed by atoms with E-state index in [1.54, 1.807) is 18.2 Å². The van der Waals surface area contributed by atoms with E-state index in [1.807, 2.05) is 24.3 Å². The van der Waals surface area contributed by atoms with Crippen LogP contribution in [-0.2, 0) is 6.18 Å². The minimum absolute atomic E-state index is 0.0418. The summed E-state index contributed by atoms with van der Waals surface area (Å²) in [6, 6.07) is 51.4. The molecule has 0 saturated carbocycles. The number of hydrogen-bond donors (Lipinski definition) is 0. The van der Waals surface area contributed by atoms with Gasteiger partial charge in [-0.05, 0) is 115 Å². The first-order chi connectivity index (χ1) is 29.0. The van der Waals surface area contributed by atoms with E-state index in [2.05, 4.69) is 139 Å². The first-order valence-corrected chi connectivity index (χ1v) is 19.9. The van der Waals surface area contributed by atoms with Crippen molar-refractivity contribution in [1.82, 2.24) is 9.13 Å². The van der Waals surface area contributed by atoms with Crippen LogP contribution in [0.4, 0.5) is 18.9 Å². The first kappa shape index (κ1) is 36.9. The van der Waals surface area contributed by atoms with E-state index < -0.39 is 11.7 Å². The summed E-state index contributed by atoms with van der Waals surface area (Å²) in [4.78, 5) is 3.96. The third-order valence-corrected chi connectivity index (χ3v) is 12.0. The molecule has 10 rings (SSSR count). The zero-order valence-corrected chi connectivity index (χ0v) is 33.5. The standard InChI is InChI=1S/C54H38F3N3/c1-32-18-22-38(34(3)26-32)36-20-24-43-41-13-7-10-16-48(41)59(50(43)28-36)52-30-45(40-12-6-9-15-46(40)54(55,56)57)47(58-5)31-53(52)60-49-17-11-8-14-42(49)44-25-21-37(29-51(44)60)39-23-19-33(2)27-35(39)4/h6-31H,1-4H3. The molecule has 2 aromatic heterocycles. The Morgan fingerprint density at radius 1 is 0.433 bits per heavy atom. The Morgan fingerprint density at radius 2 is 0.900 bits per heavy atom. The molecule has 0 spiro atoms. The van der Waals surface area contributed by atoms with Crippen LogP contribution >= 0.6 is 0 Å². The van der Waals surface area contributed by atoms with Gasteiger partial charge in [-0.2, -0.15) is 13.2 Å². The van der Waals surface area contributed by atoms with E-state index in [-0.39, 0.29) is 16.8 Å². The number of alkyl halides is 3. The average Bonchev–Trinajstić information content (AvgIpc) is 3.75. The van der Waals surface area contributed by atoms with Crippen LogP contribution in [-0.4, -0.2) is 9.13 Å². The molecule has 10 aromatic rings. The molecule has 290 valence electrons. The van der Waals surface area contributed by atoms with Crippen molar-refractivity contribution in [3.8, 4) is 44.8 Å². The highest BCUT2D eigenvalue weighted by Crippen LogP contribution is 2.47. The van der Waals surface area contributed by atoms with E-state index in [4.69, 9.17) is 6.57 Å². The van der Waals surface area contributed by atoms with Crippen molar-refractivity contribution in [2.24, 2.45) is 0 Å². The molecule has 0 atom stereocenters. The van der Waals surface area contributed by atoms with E-state index in [0.717, 1.165) is 83.1 Å². The zero-order chi connectivity index (χ0) is 41.4. The van der Waals surface area contributed by atoms with Crippen molar-refractivity contribution in [3.05, 3.63) is 197 Å². The number of aromatic nitrogens is 2. The van der Waals surface area contributed by atoms with Gasteiger partial charge in [-0.1, -0.05) is 126 Å². The number of halogens is 3. The summed E-state index contributed by atoms with van der Waals surface area (Å²) in [7, 11) is 0. The van der Waals surface area contributed by atoms with Crippen molar-refractivity contribution in [2.45, 2.75) is 33.9 Å². The number of fused-ring (bicyclic) bond motifs is 6. The van der Waals surface area contributed by atoms with E-state index in [0.29, 0.717) is 11.4 Å². The topological polar surface area (TPSA) is 14.2 Å². The molecule has 6 heteroatoms. The Hall–Kier alpha value is -7.36. The van der Waals surface area contributed by atoms with Crippen LogP contribution in [0, 0.1) is 34.3 Å². The Balaban J connectivity index is 1.37. The fourth-order valence-electron chi connectivity index (χ4n) is 9.27. The molecule has 8 aromatic carbocycles. The number of nitrogens with zero attached hydrogens (tertiary/aromatic N) is 3. The van der Waals surface area contributed by atoms with Crippen molar-refractivity contribution in [3.63, 3.8) is 0 Å². The van der Waals surface area contributed by atoms with Gasteiger partial charge in [0, 0.05) is 21.5 Å². The molecule has 0 saturated heterocycles. The third kappa shape index (κ3) is 5.88. The van der Waals surface area contributed by atoms with Gasteiger partial charge in [-0.3, -0.25) is 0 Å². The lowest BCUT2D eigenvalue weighted by Gasteiger charge is -2.21. The number of rotatable bonds is 5. The summed E-state index contributed by atoms with van der Waals surface area (Å²) in [6.07, 6.45) is -4.64. The van der Waals surface area contributed by atoms with Crippen LogP contribution < -0.4 is 0 Å². The molecule has 0 aliphatic rings. The SMILES string of the molecule is [C-]#[N+]c1cc(-n2c3ccccc3c3ccc(-c4ccc(C)cc4C)cc32)c(-n2c3ccccc3c3ccc(-c4ccc(C)cc4C)cc32)cc1-c1ccccc1C(F)(F)F. The summed E-state index contributed by atoms with van der Waals surface area (Å²) in [5, 5.41) is 4.08. The second kappa shape index (κ2) is 13.9. The number of aryl methyl sites for hydroxylation is 4. The van der Waals surface area contributed by atoms with Gasteiger partial charge in [-0.25, -0.2) is 4.85 Å². The average molecular weight is 786 g/mol. The second-order valence-corrected chi connectivity index (χ2v) is 15.8. The molecule has 0 unspecified atom stereocenters. The Labute approximate surface area is 346 Å². The molecule has 0 fully saturated rings. The quantitative estimate of drug-likeness (QED) is 0.154. The van der Waals surface area contributed by atoms with Crippen molar-refractivity contribution in [2.75, 3.05) is 0 Å². The van der Waals surface area contributed by atoms with Crippen molar-refractivity contribution < 1.29 is 13.2 Å². The van der Waals surface area contributed by atoms with Gasteiger partial charge < -0.3 is 9.13 Å². The lowest BCUT2D eigenvalue weighted by molar-refractivity contribution is -0.137. The van der Waals surface area contributed by atoms with Gasteiger partial charge in [0.1, 0.15) is 0 Å². The van der Waals surface area contributed by atoms with Gasteiger partial charge in [0.2, 0.25) is 0 Å². The number of hydrogen-bond acceptors (Lipinski definition) is 0. The van der Waals surface area contributed by atoms with Gasteiger partial charge in [0.15, 0.2) is 5.69 Å². The molecule has 0 aliphatic heterocycles. The van der Waals surface area contributed by atoms with Crippen LogP contribution in [0.1, 0.15) is 27.8 Å². The molecular weight excluding hydrogens is 748 g/mol. The predicted octanol–water partition coefficient (Wildman–Crippen LogP) is 15.7. The minimum Gasteiger partial charge on any atom is -0.308 e. The monoisotopic (exact) mass is 785 g/mol. The third-order valence-electron chi connectivity index (χ3n) is 12.0. The summed E-state index contributed by atoms with van der Waals surface area (Å²) in [6.45, 7) is 16.9. The summed E-state index contributed by atoms with van der Waals surface area (Å²) >= 11 is 0. The summed E-state index contributed by atoms with van der Waals surface area (Å²) in [5.74, 6) is 0. The first-order valence-electron chi connectivity index (χ1n) is 19.9. The highest BCUT2D eigenvalue weighted by atomic mass is 19.4. The highest BCUT2D eigenvalue weighted by Gasteiger charge is 2.34. The van der Waals surface area contributed by atoms with Gasteiger partial charge >= 0.3 is 6.18 Å². The maximum absolute atomic E-state index is 14.8. The predicted molar refractivity (Wildman–Crippen MR) is 242 cm³/mol. The highest BCUT2D eigenvalue weighted by molar-refractivity contribution is 6.13. The maximum Gasteiger partial charge on any atom is 0.416 e. The smallest absolute Gasteiger partial charge is 0.308 e. The molecule has 3 nitrogen and oxygen atoms in total.